The fourth-order valence-electron chi connectivity index (χ4n) is 2.28. The van der Waals surface area contributed by atoms with Gasteiger partial charge in [0.1, 0.15) is 6.04 Å². The predicted molar refractivity (Wildman–Crippen MR) is 80.6 cm³/mol. The Morgan fingerprint density at radius 1 is 1.05 bits per heavy atom. The Balaban J connectivity index is 1.59. The maximum Gasteiger partial charge on any atom is 0.244 e. The summed E-state index contributed by atoms with van der Waals surface area (Å²) in [5.41, 5.74) is 3.11. The van der Waals surface area contributed by atoms with Crippen molar-refractivity contribution in [1.29, 1.82) is 0 Å². The number of fused-ring (bicyclic) bond motifs is 1. The lowest BCUT2D eigenvalue weighted by atomic mass is 10.1. The highest BCUT2D eigenvalue weighted by atomic mass is 16.2. The first-order valence-electron chi connectivity index (χ1n) is 6.74. The first-order valence-corrected chi connectivity index (χ1v) is 6.74. The van der Waals surface area contributed by atoms with E-state index in [0.29, 0.717) is 13.1 Å². The average Bonchev–Trinajstić information content (AvgIpc) is 2.53. The predicted octanol–water partition coefficient (Wildman–Crippen LogP) is 2.21. The van der Waals surface area contributed by atoms with Gasteiger partial charge < -0.3 is 16.0 Å². The number of carbonyl (C=O) groups is 1. The molecule has 1 aliphatic heterocycles. The highest BCUT2D eigenvalue weighted by Crippen LogP contribution is 2.25. The van der Waals surface area contributed by atoms with Gasteiger partial charge in [0.2, 0.25) is 5.91 Å². The van der Waals surface area contributed by atoms with E-state index in [4.69, 9.17) is 0 Å². The van der Waals surface area contributed by atoms with Crippen LogP contribution in [-0.4, -0.2) is 18.5 Å². The van der Waals surface area contributed by atoms with Gasteiger partial charge in [-0.3, -0.25) is 4.79 Å². The van der Waals surface area contributed by atoms with Gasteiger partial charge in [0, 0.05) is 13.1 Å². The summed E-state index contributed by atoms with van der Waals surface area (Å²) >= 11 is 0. The van der Waals surface area contributed by atoms with Gasteiger partial charge in [-0.1, -0.05) is 42.5 Å². The van der Waals surface area contributed by atoms with Gasteiger partial charge in [0.05, 0.1) is 11.4 Å². The molecule has 1 atom stereocenters. The number of hydrogen-bond acceptors (Lipinski definition) is 3. The van der Waals surface area contributed by atoms with Gasteiger partial charge in [-0.05, 0) is 17.7 Å². The van der Waals surface area contributed by atoms with Crippen LogP contribution in [0.1, 0.15) is 5.56 Å². The van der Waals surface area contributed by atoms with E-state index in [1.807, 2.05) is 54.6 Å². The topological polar surface area (TPSA) is 53.2 Å². The van der Waals surface area contributed by atoms with E-state index in [1.54, 1.807) is 0 Å². The average molecular weight is 267 g/mol. The molecule has 102 valence electrons. The second-order valence-corrected chi connectivity index (χ2v) is 4.83. The van der Waals surface area contributed by atoms with E-state index < -0.39 is 0 Å². The van der Waals surface area contributed by atoms with Crippen LogP contribution in [0.3, 0.4) is 0 Å². The van der Waals surface area contributed by atoms with Crippen molar-refractivity contribution >= 4 is 17.3 Å². The van der Waals surface area contributed by atoms with Crippen LogP contribution in [0.15, 0.2) is 54.6 Å². The summed E-state index contributed by atoms with van der Waals surface area (Å²) < 4.78 is 0. The minimum atomic E-state index is -0.242. The molecule has 3 N–H and O–H groups in total. The van der Waals surface area contributed by atoms with Gasteiger partial charge in [-0.25, -0.2) is 0 Å². The molecule has 0 radical (unpaired) electrons. The maximum atomic E-state index is 12.2. The molecule has 0 aromatic heterocycles. The van der Waals surface area contributed by atoms with Crippen molar-refractivity contribution in [2.75, 3.05) is 17.2 Å². The van der Waals surface area contributed by atoms with Crippen LogP contribution in [0.5, 0.6) is 0 Å². The van der Waals surface area contributed by atoms with E-state index in [2.05, 4.69) is 16.0 Å². The number of benzene rings is 2. The van der Waals surface area contributed by atoms with Gasteiger partial charge >= 0.3 is 0 Å². The monoisotopic (exact) mass is 267 g/mol. The van der Waals surface area contributed by atoms with Crippen molar-refractivity contribution in [3.8, 4) is 0 Å². The van der Waals surface area contributed by atoms with Gasteiger partial charge in [0.25, 0.3) is 0 Å². The summed E-state index contributed by atoms with van der Waals surface area (Å²) in [5, 5.41) is 9.48. The molecule has 2 aromatic rings. The second kappa shape index (κ2) is 5.65. The van der Waals surface area contributed by atoms with Crippen molar-refractivity contribution in [3.05, 3.63) is 60.2 Å². The molecule has 0 saturated carbocycles. The fourth-order valence-corrected chi connectivity index (χ4v) is 2.28. The minimum absolute atomic E-state index is 0.0101. The normalized spacial score (nSPS) is 16.5. The third-order valence-electron chi connectivity index (χ3n) is 3.38. The molecule has 0 spiro atoms. The van der Waals surface area contributed by atoms with Crippen LogP contribution in [0, 0.1) is 0 Å². The Morgan fingerprint density at radius 3 is 2.55 bits per heavy atom. The third kappa shape index (κ3) is 2.74. The molecule has 20 heavy (non-hydrogen) atoms. The van der Waals surface area contributed by atoms with E-state index in [-0.39, 0.29) is 11.9 Å². The number of hydrogen-bond donors (Lipinski definition) is 3. The Bertz CT molecular complexity index is 598. The van der Waals surface area contributed by atoms with Crippen molar-refractivity contribution in [1.82, 2.24) is 5.32 Å². The molecule has 0 fully saturated rings. The quantitative estimate of drug-likeness (QED) is 0.799. The van der Waals surface area contributed by atoms with E-state index in [9.17, 15) is 4.79 Å². The SMILES string of the molecule is O=C(NCc1ccccc1)C1CNc2ccccc2N1. The molecular weight excluding hydrogens is 250 g/mol. The minimum Gasteiger partial charge on any atom is -0.381 e. The Labute approximate surface area is 118 Å². The number of para-hydroxylation sites is 2. The Kier molecular flexibility index (Phi) is 3.54. The first kappa shape index (κ1) is 12.5. The first-order chi connectivity index (χ1) is 9.83. The zero-order chi connectivity index (χ0) is 13.8. The molecule has 1 heterocycles. The third-order valence-corrected chi connectivity index (χ3v) is 3.38. The maximum absolute atomic E-state index is 12.2. The van der Waals surface area contributed by atoms with Crippen molar-refractivity contribution in [2.45, 2.75) is 12.6 Å². The van der Waals surface area contributed by atoms with Crippen LogP contribution in [-0.2, 0) is 11.3 Å². The molecule has 4 nitrogen and oxygen atoms in total. The molecule has 4 heteroatoms. The lowest BCUT2D eigenvalue weighted by Gasteiger charge is -2.27. The highest BCUT2D eigenvalue weighted by Gasteiger charge is 2.22. The summed E-state index contributed by atoms with van der Waals surface area (Å²) in [6, 6.07) is 17.6. The zero-order valence-electron chi connectivity index (χ0n) is 11.1. The molecule has 1 unspecified atom stereocenters. The molecule has 2 aromatic carbocycles. The summed E-state index contributed by atoms with van der Waals surface area (Å²) in [6.07, 6.45) is 0. The molecule has 1 aliphatic rings. The zero-order valence-corrected chi connectivity index (χ0v) is 11.1. The Hall–Kier alpha value is -2.49. The number of carbonyl (C=O) groups excluding carboxylic acids is 1. The van der Waals surface area contributed by atoms with E-state index >= 15 is 0 Å². The summed E-state index contributed by atoms with van der Waals surface area (Å²) in [7, 11) is 0. The number of nitrogens with one attached hydrogen (secondary N) is 3. The van der Waals surface area contributed by atoms with Crippen LogP contribution >= 0.6 is 0 Å². The molecule has 0 bridgehead atoms. The van der Waals surface area contributed by atoms with Gasteiger partial charge in [-0.2, -0.15) is 0 Å². The van der Waals surface area contributed by atoms with Crippen LogP contribution < -0.4 is 16.0 Å². The summed E-state index contributed by atoms with van der Waals surface area (Å²) in [4.78, 5) is 12.2. The highest BCUT2D eigenvalue weighted by molar-refractivity contribution is 5.88. The molecule has 1 amide bonds. The lowest BCUT2D eigenvalue weighted by molar-refractivity contribution is -0.121. The molecular formula is C16H17N3O. The van der Waals surface area contributed by atoms with Crippen LogP contribution in [0.4, 0.5) is 11.4 Å². The van der Waals surface area contributed by atoms with Gasteiger partial charge in [-0.15, -0.1) is 0 Å². The number of rotatable bonds is 3. The summed E-state index contributed by atoms with van der Waals surface area (Å²) in [5.74, 6) is 0.0101. The van der Waals surface area contributed by atoms with E-state index in [1.165, 1.54) is 0 Å². The molecule has 0 saturated heterocycles. The molecule has 0 aliphatic carbocycles. The van der Waals surface area contributed by atoms with Crippen molar-refractivity contribution in [2.24, 2.45) is 0 Å². The molecule has 3 rings (SSSR count). The summed E-state index contributed by atoms with van der Waals surface area (Å²) in [6.45, 7) is 1.15. The van der Waals surface area contributed by atoms with Crippen LogP contribution in [0.25, 0.3) is 0 Å². The standard InChI is InChI=1S/C16H17N3O/c20-16(18-10-12-6-2-1-3-7-12)15-11-17-13-8-4-5-9-14(13)19-15/h1-9,15,17,19H,10-11H2,(H,18,20). The smallest absolute Gasteiger partial charge is 0.244 e. The largest absolute Gasteiger partial charge is 0.381 e. The number of anilines is 2. The second-order valence-electron chi connectivity index (χ2n) is 4.83. The van der Waals surface area contributed by atoms with E-state index in [0.717, 1.165) is 16.9 Å². The van der Waals surface area contributed by atoms with Crippen molar-refractivity contribution < 1.29 is 4.79 Å². The lowest BCUT2D eigenvalue weighted by Crippen LogP contribution is -2.45. The fraction of sp³-hybridized carbons (Fsp3) is 0.188. The number of amides is 1. The van der Waals surface area contributed by atoms with Crippen LogP contribution in [0.2, 0.25) is 0 Å². The van der Waals surface area contributed by atoms with Gasteiger partial charge in [0.15, 0.2) is 0 Å². The Morgan fingerprint density at radius 2 is 1.75 bits per heavy atom. The van der Waals surface area contributed by atoms with Crippen molar-refractivity contribution in [3.63, 3.8) is 0 Å².